The van der Waals surface area contributed by atoms with E-state index in [-0.39, 0.29) is 5.91 Å². The minimum absolute atomic E-state index is 0.192. The Hall–Kier alpha value is -0.870. The maximum atomic E-state index is 10.6. The molecule has 94 valence electrons. The van der Waals surface area contributed by atoms with Gasteiger partial charge in [0, 0.05) is 17.3 Å². The van der Waals surface area contributed by atoms with Gasteiger partial charge in [-0.15, -0.1) is 11.3 Å². The first-order valence-corrected chi connectivity index (χ1v) is 7.23. The highest BCUT2D eigenvalue weighted by molar-refractivity contribution is 7.10. The molecule has 1 aliphatic rings. The smallest absolute Gasteiger partial charge is 0.217 e. The second-order valence-corrected chi connectivity index (χ2v) is 5.62. The van der Waals surface area contributed by atoms with Gasteiger partial charge in [0.25, 0.3) is 0 Å². The van der Waals surface area contributed by atoms with Crippen molar-refractivity contribution in [1.82, 2.24) is 5.32 Å². The molecule has 1 unspecified atom stereocenters. The van der Waals surface area contributed by atoms with Crippen molar-refractivity contribution in [3.8, 4) is 0 Å². The molecular weight excluding hydrogens is 232 g/mol. The van der Waals surface area contributed by atoms with E-state index in [0.717, 1.165) is 19.4 Å². The van der Waals surface area contributed by atoms with Gasteiger partial charge in [-0.1, -0.05) is 0 Å². The van der Waals surface area contributed by atoms with E-state index in [1.54, 1.807) is 4.88 Å². The molecule has 0 saturated heterocycles. The van der Waals surface area contributed by atoms with Crippen LogP contribution in [0.5, 0.6) is 0 Å². The summed E-state index contributed by atoms with van der Waals surface area (Å²) >= 11 is 1.88. The van der Waals surface area contributed by atoms with Crippen molar-refractivity contribution in [1.29, 1.82) is 0 Å². The second-order valence-electron chi connectivity index (χ2n) is 4.62. The van der Waals surface area contributed by atoms with Gasteiger partial charge in [-0.05, 0) is 55.7 Å². The first kappa shape index (κ1) is 12.6. The maximum absolute atomic E-state index is 10.6. The Morgan fingerprint density at radius 2 is 2.41 bits per heavy atom. The lowest BCUT2D eigenvalue weighted by molar-refractivity contribution is -0.118. The topological polar surface area (TPSA) is 55.1 Å². The number of amides is 1. The molecular formula is C13H20N2OS. The number of primary amides is 1. The summed E-state index contributed by atoms with van der Waals surface area (Å²) < 4.78 is 0. The number of unbranched alkanes of at least 4 members (excludes halogenated alkanes) is 1. The first-order valence-electron chi connectivity index (χ1n) is 6.35. The summed E-state index contributed by atoms with van der Waals surface area (Å²) in [5.74, 6) is -0.192. The van der Waals surface area contributed by atoms with E-state index in [2.05, 4.69) is 16.8 Å². The van der Waals surface area contributed by atoms with Crippen LogP contribution >= 0.6 is 11.3 Å². The van der Waals surface area contributed by atoms with Crippen LogP contribution in [0.1, 0.15) is 48.6 Å². The van der Waals surface area contributed by atoms with E-state index in [0.29, 0.717) is 12.5 Å². The van der Waals surface area contributed by atoms with Crippen LogP contribution in [0.3, 0.4) is 0 Å². The third-order valence-corrected chi connectivity index (χ3v) is 4.29. The van der Waals surface area contributed by atoms with Gasteiger partial charge in [0.15, 0.2) is 0 Å². The van der Waals surface area contributed by atoms with Crippen LogP contribution in [0.15, 0.2) is 11.4 Å². The van der Waals surface area contributed by atoms with E-state index in [1.807, 2.05) is 11.3 Å². The van der Waals surface area contributed by atoms with E-state index in [4.69, 9.17) is 5.73 Å². The van der Waals surface area contributed by atoms with Crippen LogP contribution in [0.2, 0.25) is 0 Å². The molecule has 3 nitrogen and oxygen atoms in total. The van der Waals surface area contributed by atoms with Gasteiger partial charge in [-0.25, -0.2) is 0 Å². The highest BCUT2D eigenvalue weighted by Crippen LogP contribution is 2.33. The number of hydrogen-bond acceptors (Lipinski definition) is 3. The molecule has 1 aliphatic carbocycles. The molecule has 1 heterocycles. The number of fused-ring (bicyclic) bond motifs is 1. The van der Waals surface area contributed by atoms with Crippen molar-refractivity contribution in [2.75, 3.05) is 6.54 Å². The van der Waals surface area contributed by atoms with Crippen LogP contribution < -0.4 is 11.1 Å². The molecule has 0 saturated carbocycles. The molecule has 1 amide bonds. The lowest BCUT2D eigenvalue weighted by Gasteiger charge is -2.23. The molecule has 4 heteroatoms. The van der Waals surface area contributed by atoms with Crippen LogP contribution in [0.4, 0.5) is 0 Å². The molecule has 1 atom stereocenters. The number of carbonyl (C=O) groups excluding carboxylic acids is 1. The van der Waals surface area contributed by atoms with Crippen molar-refractivity contribution in [2.45, 2.75) is 44.6 Å². The predicted molar refractivity (Wildman–Crippen MR) is 71.0 cm³/mol. The van der Waals surface area contributed by atoms with Gasteiger partial charge < -0.3 is 11.1 Å². The van der Waals surface area contributed by atoms with Crippen LogP contribution in [0.25, 0.3) is 0 Å². The van der Waals surface area contributed by atoms with Gasteiger partial charge in [-0.2, -0.15) is 0 Å². The lowest BCUT2D eigenvalue weighted by Crippen LogP contribution is -2.25. The van der Waals surface area contributed by atoms with Gasteiger partial charge in [-0.3, -0.25) is 4.79 Å². The number of hydrogen-bond donors (Lipinski definition) is 2. The Morgan fingerprint density at radius 3 is 3.24 bits per heavy atom. The minimum atomic E-state index is -0.192. The largest absolute Gasteiger partial charge is 0.370 e. The summed E-state index contributed by atoms with van der Waals surface area (Å²) in [5, 5.41) is 5.78. The molecule has 0 aromatic carbocycles. The molecule has 0 fully saturated rings. The third-order valence-electron chi connectivity index (χ3n) is 3.29. The molecule has 1 aromatic heterocycles. The Kier molecular flexibility index (Phi) is 4.57. The molecule has 1 aromatic rings. The quantitative estimate of drug-likeness (QED) is 0.764. The average molecular weight is 252 g/mol. The van der Waals surface area contributed by atoms with Crippen molar-refractivity contribution in [3.63, 3.8) is 0 Å². The molecule has 0 radical (unpaired) electrons. The van der Waals surface area contributed by atoms with Crippen molar-refractivity contribution >= 4 is 17.2 Å². The summed E-state index contributed by atoms with van der Waals surface area (Å²) in [6.45, 7) is 0.979. The normalized spacial score (nSPS) is 18.9. The Bertz CT molecular complexity index is 375. The first-order chi connectivity index (χ1) is 8.27. The van der Waals surface area contributed by atoms with Gasteiger partial charge >= 0.3 is 0 Å². The van der Waals surface area contributed by atoms with E-state index >= 15 is 0 Å². The van der Waals surface area contributed by atoms with Gasteiger partial charge in [0.2, 0.25) is 5.91 Å². The Morgan fingerprint density at radius 1 is 1.53 bits per heavy atom. The van der Waals surface area contributed by atoms with Crippen molar-refractivity contribution in [2.24, 2.45) is 5.73 Å². The summed E-state index contributed by atoms with van der Waals surface area (Å²) in [5.41, 5.74) is 6.61. The third kappa shape index (κ3) is 3.54. The van der Waals surface area contributed by atoms with E-state index < -0.39 is 0 Å². The summed E-state index contributed by atoms with van der Waals surface area (Å²) in [4.78, 5) is 12.1. The molecule has 0 bridgehead atoms. The fourth-order valence-electron chi connectivity index (χ4n) is 2.40. The molecule has 3 N–H and O–H groups in total. The predicted octanol–water partition coefficient (Wildman–Crippen LogP) is 2.37. The van der Waals surface area contributed by atoms with Crippen LogP contribution in [-0.4, -0.2) is 12.5 Å². The summed E-state index contributed by atoms with van der Waals surface area (Å²) in [7, 11) is 0. The number of nitrogens with two attached hydrogens (primary N) is 1. The minimum Gasteiger partial charge on any atom is -0.370 e. The van der Waals surface area contributed by atoms with Crippen LogP contribution in [-0.2, 0) is 11.2 Å². The lowest BCUT2D eigenvalue weighted by atomic mass is 9.94. The maximum Gasteiger partial charge on any atom is 0.217 e. The molecule has 2 rings (SSSR count). The fraction of sp³-hybridized carbons (Fsp3) is 0.615. The van der Waals surface area contributed by atoms with E-state index in [1.165, 1.54) is 24.8 Å². The average Bonchev–Trinajstić information content (AvgIpc) is 2.77. The van der Waals surface area contributed by atoms with Crippen molar-refractivity contribution < 1.29 is 4.79 Å². The molecule has 0 spiro atoms. The van der Waals surface area contributed by atoms with Crippen molar-refractivity contribution in [3.05, 3.63) is 21.9 Å². The highest BCUT2D eigenvalue weighted by Gasteiger charge is 2.20. The van der Waals surface area contributed by atoms with Crippen LogP contribution in [0, 0.1) is 0 Å². The second kappa shape index (κ2) is 6.17. The molecule has 17 heavy (non-hydrogen) atoms. The zero-order valence-electron chi connectivity index (χ0n) is 10.1. The zero-order valence-corrected chi connectivity index (χ0v) is 10.9. The SMILES string of the molecule is NC(=O)CCCCNC1CCCc2sccc21. The Balaban J connectivity index is 1.72. The number of nitrogens with one attached hydrogen (secondary N) is 1. The zero-order chi connectivity index (χ0) is 12.1. The standard InChI is InChI=1S/C13H20N2OS/c14-13(16)6-1-2-8-15-11-4-3-5-12-10(11)7-9-17-12/h7,9,11,15H,1-6,8H2,(H2,14,16). The fourth-order valence-corrected chi connectivity index (χ4v) is 3.39. The Labute approximate surface area is 106 Å². The van der Waals surface area contributed by atoms with Gasteiger partial charge in [0.05, 0.1) is 0 Å². The molecule has 0 aliphatic heterocycles. The summed E-state index contributed by atoms with van der Waals surface area (Å²) in [6, 6.07) is 2.78. The highest BCUT2D eigenvalue weighted by atomic mass is 32.1. The number of carbonyl (C=O) groups is 1. The van der Waals surface area contributed by atoms with E-state index in [9.17, 15) is 4.79 Å². The summed E-state index contributed by atoms with van der Waals surface area (Å²) in [6.07, 6.45) is 6.19. The monoisotopic (exact) mass is 252 g/mol. The number of rotatable bonds is 6. The number of thiophene rings is 1. The van der Waals surface area contributed by atoms with Gasteiger partial charge in [0.1, 0.15) is 0 Å². The number of aryl methyl sites for hydroxylation is 1.